The standard InChI is InChI=1S/C11H16FNOS/c1-8(6-13)15-7-9-4-3-5-10(14-2)11(9)12/h3-5,8H,6-7,13H2,1-2H3. The quantitative estimate of drug-likeness (QED) is 0.842. The molecular weight excluding hydrogens is 213 g/mol. The number of ether oxygens (including phenoxy) is 1. The summed E-state index contributed by atoms with van der Waals surface area (Å²) in [6.45, 7) is 2.64. The van der Waals surface area contributed by atoms with Gasteiger partial charge in [0.2, 0.25) is 0 Å². The maximum atomic E-state index is 13.7. The molecule has 1 atom stereocenters. The summed E-state index contributed by atoms with van der Waals surface area (Å²) < 4.78 is 18.6. The fourth-order valence-electron chi connectivity index (χ4n) is 1.13. The predicted octanol–water partition coefficient (Wildman–Crippen LogP) is 2.41. The van der Waals surface area contributed by atoms with Gasteiger partial charge in [-0.15, -0.1) is 0 Å². The first-order valence-corrected chi connectivity index (χ1v) is 5.87. The molecule has 0 saturated carbocycles. The van der Waals surface area contributed by atoms with E-state index >= 15 is 0 Å². The highest BCUT2D eigenvalue weighted by Crippen LogP contribution is 2.24. The minimum absolute atomic E-state index is 0.267. The third-order valence-corrected chi connectivity index (χ3v) is 3.36. The van der Waals surface area contributed by atoms with Crippen molar-refractivity contribution in [3.63, 3.8) is 0 Å². The summed E-state index contributed by atoms with van der Waals surface area (Å²) in [5.74, 6) is 0.659. The molecule has 0 fully saturated rings. The van der Waals surface area contributed by atoms with E-state index in [1.54, 1.807) is 30.0 Å². The van der Waals surface area contributed by atoms with Crippen molar-refractivity contribution in [2.75, 3.05) is 13.7 Å². The third-order valence-electron chi connectivity index (χ3n) is 2.12. The van der Waals surface area contributed by atoms with Crippen LogP contribution in [0.3, 0.4) is 0 Å². The molecule has 0 saturated heterocycles. The van der Waals surface area contributed by atoms with Crippen LogP contribution in [0.25, 0.3) is 0 Å². The van der Waals surface area contributed by atoms with E-state index in [1.165, 1.54) is 7.11 Å². The van der Waals surface area contributed by atoms with Gasteiger partial charge in [0.1, 0.15) is 0 Å². The molecule has 2 N–H and O–H groups in total. The molecule has 0 heterocycles. The summed E-state index contributed by atoms with van der Waals surface area (Å²) in [6.07, 6.45) is 0. The van der Waals surface area contributed by atoms with Gasteiger partial charge in [0, 0.05) is 23.1 Å². The molecule has 4 heteroatoms. The fourth-order valence-corrected chi connectivity index (χ4v) is 1.95. The molecular formula is C11H16FNOS. The maximum absolute atomic E-state index is 13.7. The lowest BCUT2D eigenvalue weighted by Gasteiger charge is -2.10. The second kappa shape index (κ2) is 5.98. The minimum atomic E-state index is -0.267. The van der Waals surface area contributed by atoms with E-state index < -0.39 is 0 Å². The van der Waals surface area contributed by atoms with Gasteiger partial charge in [-0.25, -0.2) is 4.39 Å². The number of halogens is 1. The van der Waals surface area contributed by atoms with Gasteiger partial charge in [-0.05, 0) is 6.07 Å². The largest absolute Gasteiger partial charge is 0.494 e. The lowest BCUT2D eigenvalue weighted by atomic mass is 10.2. The fraction of sp³-hybridized carbons (Fsp3) is 0.455. The smallest absolute Gasteiger partial charge is 0.169 e. The van der Waals surface area contributed by atoms with Crippen LogP contribution in [0.1, 0.15) is 12.5 Å². The van der Waals surface area contributed by atoms with Crippen LogP contribution in [0.2, 0.25) is 0 Å². The van der Waals surface area contributed by atoms with E-state index in [9.17, 15) is 4.39 Å². The SMILES string of the molecule is COc1cccc(CSC(C)CN)c1F. The first kappa shape index (κ1) is 12.3. The Morgan fingerprint density at radius 2 is 2.27 bits per heavy atom. The average molecular weight is 229 g/mol. The summed E-state index contributed by atoms with van der Waals surface area (Å²) in [6, 6.07) is 5.19. The molecule has 0 amide bonds. The molecule has 0 aliphatic rings. The number of rotatable bonds is 5. The van der Waals surface area contributed by atoms with Gasteiger partial charge in [-0.3, -0.25) is 0 Å². The summed E-state index contributed by atoms with van der Waals surface area (Å²) >= 11 is 1.64. The first-order valence-electron chi connectivity index (χ1n) is 4.82. The Morgan fingerprint density at radius 1 is 1.53 bits per heavy atom. The highest BCUT2D eigenvalue weighted by molar-refractivity contribution is 7.99. The zero-order valence-corrected chi connectivity index (χ0v) is 9.81. The molecule has 0 spiro atoms. The van der Waals surface area contributed by atoms with Crippen molar-refractivity contribution in [1.29, 1.82) is 0 Å². The molecule has 84 valence electrons. The number of nitrogens with two attached hydrogens (primary N) is 1. The van der Waals surface area contributed by atoms with Gasteiger partial charge in [0.05, 0.1) is 7.11 Å². The molecule has 1 rings (SSSR count). The predicted molar refractivity (Wildman–Crippen MR) is 62.8 cm³/mol. The minimum Gasteiger partial charge on any atom is -0.494 e. The van der Waals surface area contributed by atoms with Crippen molar-refractivity contribution < 1.29 is 9.13 Å². The summed E-state index contributed by atoms with van der Waals surface area (Å²) in [5.41, 5.74) is 6.16. The Hall–Kier alpha value is -0.740. The normalized spacial score (nSPS) is 12.5. The monoisotopic (exact) mass is 229 g/mol. The number of benzene rings is 1. The van der Waals surface area contributed by atoms with Crippen molar-refractivity contribution in [3.8, 4) is 5.75 Å². The van der Waals surface area contributed by atoms with E-state index in [0.29, 0.717) is 28.9 Å². The highest BCUT2D eigenvalue weighted by Gasteiger charge is 2.09. The van der Waals surface area contributed by atoms with E-state index in [1.807, 2.05) is 6.92 Å². The maximum Gasteiger partial charge on any atom is 0.169 e. The van der Waals surface area contributed by atoms with Gasteiger partial charge in [0.15, 0.2) is 11.6 Å². The first-order chi connectivity index (χ1) is 7.19. The topological polar surface area (TPSA) is 35.2 Å². The second-order valence-electron chi connectivity index (χ2n) is 3.29. The van der Waals surface area contributed by atoms with Gasteiger partial charge in [-0.2, -0.15) is 11.8 Å². The molecule has 15 heavy (non-hydrogen) atoms. The summed E-state index contributed by atoms with van der Waals surface area (Å²) in [5, 5.41) is 0.343. The van der Waals surface area contributed by atoms with Crippen LogP contribution >= 0.6 is 11.8 Å². The lowest BCUT2D eigenvalue weighted by Crippen LogP contribution is -2.12. The van der Waals surface area contributed by atoms with Crippen molar-refractivity contribution in [3.05, 3.63) is 29.6 Å². The van der Waals surface area contributed by atoms with Crippen molar-refractivity contribution in [1.82, 2.24) is 0 Å². The second-order valence-corrected chi connectivity index (χ2v) is 4.72. The Kier molecular flexibility index (Phi) is 4.91. The van der Waals surface area contributed by atoms with Crippen LogP contribution in [0, 0.1) is 5.82 Å². The molecule has 0 aromatic heterocycles. The number of methoxy groups -OCH3 is 1. The zero-order valence-electron chi connectivity index (χ0n) is 9.00. The van der Waals surface area contributed by atoms with E-state index in [4.69, 9.17) is 10.5 Å². The van der Waals surface area contributed by atoms with Crippen LogP contribution in [0.4, 0.5) is 4.39 Å². The molecule has 0 bridgehead atoms. The van der Waals surface area contributed by atoms with Crippen LogP contribution in [0.5, 0.6) is 5.75 Å². The number of thioether (sulfide) groups is 1. The number of hydrogen-bond acceptors (Lipinski definition) is 3. The molecule has 0 aliphatic heterocycles. The zero-order chi connectivity index (χ0) is 11.3. The van der Waals surface area contributed by atoms with Gasteiger partial charge in [-0.1, -0.05) is 19.1 Å². The molecule has 0 radical (unpaired) electrons. The van der Waals surface area contributed by atoms with Gasteiger partial charge in [0.25, 0.3) is 0 Å². The van der Waals surface area contributed by atoms with Crippen molar-refractivity contribution >= 4 is 11.8 Å². The summed E-state index contributed by atoms with van der Waals surface area (Å²) in [4.78, 5) is 0. The molecule has 1 unspecified atom stereocenters. The van der Waals surface area contributed by atoms with E-state index in [0.717, 1.165) is 0 Å². The Morgan fingerprint density at radius 3 is 2.87 bits per heavy atom. The number of hydrogen-bond donors (Lipinski definition) is 1. The van der Waals surface area contributed by atoms with Crippen LogP contribution in [0.15, 0.2) is 18.2 Å². The molecule has 0 aliphatic carbocycles. The van der Waals surface area contributed by atoms with Gasteiger partial charge < -0.3 is 10.5 Å². The average Bonchev–Trinajstić information content (AvgIpc) is 2.27. The Balaban J connectivity index is 2.68. The molecule has 1 aromatic carbocycles. The lowest BCUT2D eigenvalue weighted by molar-refractivity contribution is 0.385. The van der Waals surface area contributed by atoms with E-state index in [2.05, 4.69) is 0 Å². The van der Waals surface area contributed by atoms with Crippen molar-refractivity contribution in [2.24, 2.45) is 5.73 Å². The van der Waals surface area contributed by atoms with Gasteiger partial charge >= 0.3 is 0 Å². The Labute approximate surface area is 94.0 Å². The highest BCUT2D eigenvalue weighted by atomic mass is 32.2. The summed E-state index contributed by atoms with van der Waals surface area (Å²) in [7, 11) is 1.47. The van der Waals surface area contributed by atoms with Crippen LogP contribution in [-0.2, 0) is 5.75 Å². The third kappa shape index (κ3) is 3.39. The molecule has 2 nitrogen and oxygen atoms in total. The Bertz CT molecular complexity index is 319. The van der Waals surface area contributed by atoms with Crippen LogP contribution in [-0.4, -0.2) is 18.9 Å². The van der Waals surface area contributed by atoms with Crippen LogP contribution < -0.4 is 10.5 Å². The molecule has 1 aromatic rings. The van der Waals surface area contributed by atoms with E-state index in [-0.39, 0.29) is 5.82 Å². The van der Waals surface area contributed by atoms with Crippen molar-refractivity contribution in [2.45, 2.75) is 17.9 Å².